The third kappa shape index (κ3) is 6.31. The maximum atomic E-state index is 11.7. The van der Waals surface area contributed by atoms with Gasteiger partial charge in [-0.1, -0.05) is 19.8 Å². The third-order valence-corrected chi connectivity index (χ3v) is 2.82. The fourth-order valence-corrected chi connectivity index (χ4v) is 1.78. The van der Waals surface area contributed by atoms with E-state index in [4.69, 9.17) is 5.11 Å². The lowest BCUT2D eigenvalue weighted by Gasteiger charge is -2.02. The lowest BCUT2D eigenvalue weighted by atomic mass is 10.1. The zero-order valence-corrected chi connectivity index (χ0v) is 11.8. The van der Waals surface area contributed by atoms with E-state index in [1.54, 1.807) is 0 Å². The molecule has 1 amide bonds. The molecule has 0 unspecified atom stereocenters. The molecule has 112 valence electrons. The van der Waals surface area contributed by atoms with Gasteiger partial charge in [0.2, 0.25) is 5.82 Å². The van der Waals surface area contributed by atoms with Gasteiger partial charge in [0, 0.05) is 19.4 Å². The molecule has 20 heavy (non-hydrogen) atoms. The smallest absolute Gasteiger partial charge is 0.303 e. The summed E-state index contributed by atoms with van der Waals surface area (Å²) in [4.78, 5) is 26.1. The second kappa shape index (κ2) is 9.06. The van der Waals surface area contributed by atoms with Crippen molar-refractivity contribution in [1.82, 2.24) is 20.5 Å². The number of unbranched alkanes of at least 4 members (excludes halogenated alkanes) is 3. The summed E-state index contributed by atoms with van der Waals surface area (Å²) in [7, 11) is 0. The van der Waals surface area contributed by atoms with Gasteiger partial charge in [0.15, 0.2) is 0 Å². The lowest BCUT2D eigenvalue weighted by molar-refractivity contribution is -0.137. The zero-order valence-electron chi connectivity index (χ0n) is 11.8. The lowest BCUT2D eigenvalue weighted by Crippen LogP contribution is -2.25. The number of hydrogen-bond acceptors (Lipinski definition) is 4. The molecule has 0 radical (unpaired) electrons. The average molecular weight is 282 g/mol. The molecule has 0 atom stereocenters. The van der Waals surface area contributed by atoms with Crippen molar-refractivity contribution >= 4 is 11.9 Å². The van der Waals surface area contributed by atoms with E-state index in [1.807, 2.05) is 6.92 Å². The van der Waals surface area contributed by atoms with Crippen molar-refractivity contribution in [2.45, 2.75) is 51.9 Å². The summed E-state index contributed by atoms with van der Waals surface area (Å²) >= 11 is 0. The SMILES string of the molecule is CCCc1nc(C(=O)NCCCCCCC(=O)O)n[nH]1. The molecule has 7 nitrogen and oxygen atoms in total. The van der Waals surface area contributed by atoms with E-state index in [2.05, 4.69) is 20.5 Å². The second-order valence-corrected chi connectivity index (χ2v) is 4.67. The van der Waals surface area contributed by atoms with Crippen molar-refractivity contribution in [3.8, 4) is 0 Å². The van der Waals surface area contributed by atoms with Crippen molar-refractivity contribution in [2.75, 3.05) is 6.54 Å². The summed E-state index contributed by atoms with van der Waals surface area (Å²) in [5, 5.41) is 17.8. The van der Waals surface area contributed by atoms with Gasteiger partial charge in [0.1, 0.15) is 5.82 Å². The Bertz CT molecular complexity index is 431. The number of H-pyrrole nitrogens is 1. The van der Waals surface area contributed by atoms with Crippen molar-refractivity contribution < 1.29 is 14.7 Å². The van der Waals surface area contributed by atoms with E-state index < -0.39 is 5.97 Å². The quantitative estimate of drug-likeness (QED) is 0.564. The summed E-state index contributed by atoms with van der Waals surface area (Å²) in [6, 6.07) is 0. The Labute approximate surface area is 118 Å². The van der Waals surface area contributed by atoms with E-state index >= 15 is 0 Å². The highest BCUT2D eigenvalue weighted by molar-refractivity contribution is 5.90. The topological polar surface area (TPSA) is 108 Å². The van der Waals surface area contributed by atoms with Crippen LogP contribution in [0, 0.1) is 0 Å². The Morgan fingerprint density at radius 3 is 2.70 bits per heavy atom. The molecule has 3 N–H and O–H groups in total. The van der Waals surface area contributed by atoms with Crippen LogP contribution in [0.3, 0.4) is 0 Å². The molecular formula is C13H22N4O3. The van der Waals surface area contributed by atoms with Crippen LogP contribution in [-0.2, 0) is 11.2 Å². The first kappa shape index (κ1) is 16.1. The number of aliphatic carboxylic acids is 1. The molecule has 7 heteroatoms. The first-order valence-electron chi connectivity index (χ1n) is 7.04. The fourth-order valence-electron chi connectivity index (χ4n) is 1.78. The minimum Gasteiger partial charge on any atom is -0.481 e. The minimum absolute atomic E-state index is 0.180. The molecule has 0 saturated heterocycles. The van der Waals surface area contributed by atoms with Crippen molar-refractivity contribution in [2.24, 2.45) is 0 Å². The summed E-state index contributed by atoms with van der Waals surface area (Å²) in [6.45, 7) is 2.59. The van der Waals surface area contributed by atoms with Gasteiger partial charge >= 0.3 is 5.97 Å². The van der Waals surface area contributed by atoms with E-state index in [1.165, 1.54) is 0 Å². The molecule has 1 rings (SSSR count). The molecule has 0 saturated carbocycles. The zero-order chi connectivity index (χ0) is 14.8. The molecule has 0 aliphatic carbocycles. The Morgan fingerprint density at radius 1 is 1.25 bits per heavy atom. The fraction of sp³-hybridized carbons (Fsp3) is 0.692. The normalized spacial score (nSPS) is 10.4. The number of carboxylic acid groups (broad SMARTS) is 1. The van der Waals surface area contributed by atoms with Crippen molar-refractivity contribution in [3.05, 3.63) is 11.6 Å². The van der Waals surface area contributed by atoms with Gasteiger partial charge in [-0.25, -0.2) is 4.98 Å². The van der Waals surface area contributed by atoms with Gasteiger partial charge in [-0.3, -0.25) is 14.7 Å². The Balaban J connectivity index is 2.11. The number of carbonyl (C=O) groups excluding carboxylic acids is 1. The van der Waals surface area contributed by atoms with E-state index in [9.17, 15) is 9.59 Å². The predicted molar refractivity (Wildman–Crippen MR) is 73.4 cm³/mol. The van der Waals surface area contributed by atoms with Crippen LogP contribution in [-0.4, -0.2) is 38.7 Å². The number of aromatic nitrogens is 3. The first-order chi connectivity index (χ1) is 9.63. The van der Waals surface area contributed by atoms with Crippen LogP contribution in [0.25, 0.3) is 0 Å². The first-order valence-corrected chi connectivity index (χ1v) is 7.04. The molecule has 1 aromatic heterocycles. The number of carboxylic acids is 1. The Hall–Kier alpha value is -1.92. The molecule has 0 aliphatic rings. The van der Waals surface area contributed by atoms with E-state index in [-0.39, 0.29) is 18.2 Å². The number of nitrogens with one attached hydrogen (secondary N) is 2. The van der Waals surface area contributed by atoms with Gasteiger partial charge in [-0.2, -0.15) is 0 Å². The van der Waals surface area contributed by atoms with Crippen LogP contribution in [0.5, 0.6) is 0 Å². The molecule has 0 spiro atoms. The van der Waals surface area contributed by atoms with Crippen LogP contribution < -0.4 is 5.32 Å². The van der Waals surface area contributed by atoms with Crippen LogP contribution in [0.4, 0.5) is 0 Å². The number of nitrogens with zero attached hydrogens (tertiary/aromatic N) is 2. The number of hydrogen-bond donors (Lipinski definition) is 3. The minimum atomic E-state index is -0.759. The van der Waals surface area contributed by atoms with Crippen LogP contribution in [0.2, 0.25) is 0 Å². The van der Waals surface area contributed by atoms with Crippen LogP contribution >= 0.6 is 0 Å². The van der Waals surface area contributed by atoms with Gasteiger partial charge in [0.05, 0.1) is 0 Å². The van der Waals surface area contributed by atoms with Crippen molar-refractivity contribution in [3.63, 3.8) is 0 Å². The maximum Gasteiger partial charge on any atom is 0.303 e. The second-order valence-electron chi connectivity index (χ2n) is 4.67. The average Bonchev–Trinajstić information content (AvgIpc) is 2.86. The maximum absolute atomic E-state index is 11.7. The molecule has 1 aromatic rings. The molecule has 1 heterocycles. The number of aromatic amines is 1. The third-order valence-electron chi connectivity index (χ3n) is 2.82. The summed E-state index contributed by atoms with van der Waals surface area (Å²) in [5.74, 6) is -0.120. The van der Waals surface area contributed by atoms with Gasteiger partial charge in [-0.05, 0) is 19.3 Å². The summed E-state index contributed by atoms with van der Waals surface area (Å²) in [6.07, 6.45) is 5.23. The standard InChI is InChI=1S/C13H22N4O3/c1-2-7-10-15-12(17-16-10)13(20)14-9-6-4-3-5-8-11(18)19/h2-9H2,1H3,(H,14,20)(H,18,19)(H,15,16,17). The Morgan fingerprint density at radius 2 is 2.00 bits per heavy atom. The number of aryl methyl sites for hydroxylation is 1. The molecular weight excluding hydrogens is 260 g/mol. The molecule has 0 fully saturated rings. The molecule has 0 aliphatic heterocycles. The highest BCUT2D eigenvalue weighted by Gasteiger charge is 2.11. The number of rotatable bonds is 10. The predicted octanol–water partition coefficient (Wildman–Crippen LogP) is 1.52. The monoisotopic (exact) mass is 282 g/mol. The molecule has 0 bridgehead atoms. The van der Waals surface area contributed by atoms with Gasteiger partial charge in [-0.15, -0.1) is 5.10 Å². The van der Waals surface area contributed by atoms with Crippen LogP contribution in [0.1, 0.15) is 61.9 Å². The highest BCUT2D eigenvalue weighted by atomic mass is 16.4. The van der Waals surface area contributed by atoms with E-state index in [0.717, 1.165) is 37.9 Å². The largest absolute Gasteiger partial charge is 0.481 e. The Kier molecular flexibility index (Phi) is 7.31. The number of carbonyl (C=O) groups is 2. The highest BCUT2D eigenvalue weighted by Crippen LogP contribution is 2.02. The molecule has 0 aromatic carbocycles. The summed E-state index contributed by atoms with van der Waals surface area (Å²) < 4.78 is 0. The van der Waals surface area contributed by atoms with Gasteiger partial charge < -0.3 is 10.4 Å². The van der Waals surface area contributed by atoms with Crippen molar-refractivity contribution in [1.29, 1.82) is 0 Å². The van der Waals surface area contributed by atoms with Crippen LogP contribution in [0.15, 0.2) is 0 Å². The van der Waals surface area contributed by atoms with E-state index in [0.29, 0.717) is 13.0 Å². The van der Waals surface area contributed by atoms with Gasteiger partial charge in [0.25, 0.3) is 5.91 Å². The summed E-state index contributed by atoms with van der Waals surface area (Å²) in [5.41, 5.74) is 0. The number of amides is 1.